The lowest BCUT2D eigenvalue weighted by Gasteiger charge is -2.17. The van der Waals surface area contributed by atoms with Crippen LogP contribution in [0.25, 0.3) is 10.9 Å². The van der Waals surface area contributed by atoms with E-state index in [9.17, 15) is 14.7 Å². The summed E-state index contributed by atoms with van der Waals surface area (Å²) in [5.41, 5.74) is 0.114. The number of aromatic nitrogens is 2. The third kappa shape index (κ3) is 3.86. The van der Waals surface area contributed by atoms with Crippen molar-refractivity contribution in [3.05, 3.63) is 46.6 Å². The summed E-state index contributed by atoms with van der Waals surface area (Å²) in [6.45, 7) is -0.687. The van der Waals surface area contributed by atoms with Crippen LogP contribution in [0.4, 0.5) is 5.82 Å². The molecule has 0 atom stereocenters. The number of aromatic hydroxyl groups is 1. The minimum Gasteiger partial charge on any atom is -0.504 e. The van der Waals surface area contributed by atoms with Crippen molar-refractivity contribution < 1.29 is 24.5 Å². The number of fused-ring (bicyclic) bond motifs is 1. The molecule has 0 radical (unpaired) electrons. The Kier molecular flexibility index (Phi) is 5.29. The maximum Gasteiger partial charge on any atom is 0.323 e. The molecule has 3 rings (SSSR count). The topological polar surface area (TPSA) is 113 Å². The van der Waals surface area contributed by atoms with E-state index in [1.165, 1.54) is 12.1 Å². The number of carboxylic acids is 1. The lowest BCUT2D eigenvalue weighted by Crippen LogP contribution is -2.29. The largest absolute Gasteiger partial charge is 0.504 e. The van der Waals surface area contributed by atoms with Crippen LogP contribution in [0.1, 0.15) is 0 Å². The minimum absolute atomic E-state index is 0.114. The lowest BCUT2D eigenvalue weighted by atomic mass is 10.2. The second-order valence-electron chi connectivity index (χ2n) is 5.28. The Hall–Kier alpha value is -3.10. The Balaban J connectivity index is 2.04. The predicted octanol–water partition coefficient (Wildman–Crippen LogP) is 3.48. The number of nitrogens with zero attached hydrogens (tertiary/aromatic N) is 3. The van der Waals surface area contributed by atoms with Crippen molar-refractivity contribution in [3.8, 4) is 17.4 Å². The van der Waals surface area contributed by atoms with E-state index in [4.69, 9.17) is 33.0 Å². The molecule has 2 N–H and O–H groups in total. The van der Waals surface area contributed by atoms with Gasteiger partial charge in [0.2, 0.25) is 12.3 Å². The van der Waals surface area contributed by atoms with Crippen LogP contribution in [-0.4, -0.2) is 39.1 Å². The molecule has 1 amide bonds. The van der Waals surface area contributed by atoms with Gasteiger partial charge in [-0.1, -0.05) is 35.3 Å². The number of carboxylic acid groups (broad SMARTS) is 1. The molecule has 10 heteroatoms. The summed E-state index contributed by atoms with van der Waals surface area (Å²) >= 11 is 12.2. The summed E-state index contributed by atoms with van der Waals surface area (Å²) in [6, 6.07) is 9.73. The SMILES string of the molecule is O=CN(CC(=O)O)c1nc(Cl)c2nc(Oc3ccccc3Cl)ccc2c1O. The molecule has 2 aromatic heterocycles. The monoisotopic (exact) mass is 407 g/mol. The van der Waals surface area contributed by atoms with Crippen LogP contribution in [0.15, 0.2) is 36.4 Å². The number of rotatable bonds is 6. The van der Waals surface area contributed by atoms with Crippen LogP contribution in [-0.2, 0) is 9.59 Å². The molecule has 0 aliphatic heterocycles. The van der Waals surface area contributed by atoms with Crippen molar-refractivity contribution in [1.29, 1.82) is 0 Å². The van der Waals surface area contributed by atoms with Crippen LogP contribution in [0.2, 0.25) is 10.2 Å². The Morgan fingerprint density at radius 1 is 1.19 bits per heavy atom. The van der Waals surface area contributed by atoms with Crippen LogP contribution >= 0.6 is 23.2 Å². The third-order valence-corrected chi connectivity index (χ3v) is 4.07. The Morgan fingerprint density at radius 3 is 2.59 bits per heavy atom. The quantitative estimate of drug-likeness (QED) is 0.474. The van der Waals surface area contributed by atoms with E-state index in [1.54, 1.807) is 24.3 Å². The second-order valence-corrected chi connectivity index (χ2v) is 6.05. The number of amides is 1. The second kappa shape index (κ2) is 7.65. The van der Waals surface area contributed by atoms with Gasteiger partial charge in [0.05, 0.1) is 5.02 Å². The first-order valence-electron chi connectivity index (χ1n) is 7.46. The van der Waals surface area contributed by atoms with Gasteiger partial charge in [0.25, 0.3) is 0 Å². The van der Waals surface area contributed by atoms with Gasteiger partial charge in [0.1, 0.15) is 17.8 Å². The van der Waals surface area contributed by atoms with Gasteiger partial charge in [0, 0.05) is 11.5 Å². The molecule has 27 heavy (non-hydrogen) atoms. The molecule has 8 nitrogen and oxygen atoms in total. The Bertz CT molecular complexity index is 1040. The van der Waals surface area contributed by atoms with E-state index < -0.39 is 18.3 Å². The fourth-order valence-electron chi connectivity index (χ4n) is 2.31. The molecular formula is C17H11Cl2N3O5. The molecule has 2 heterocycles. The number of halogens is 2. The highest BCUT2D eigenvalue weighted by molar-refractivity contribution is 6.34. The van der Waals surface area contributed by atoms with Crippen molar-refractivity contribution in [2.45, 2.75) is 0 Å². The van der Waals surface area contributed by atoms with E-state index in [2.05, 4.69) is 9.97 Å². The molecule has 3 aromatic rings. The zero-order valence-corrected chi connectivity index (χ0v) is 15.0. The van der Waals surface area contributed by atoms with E-state index >= 15 is 0 Å². The molecule has 138 valence electrons. The molecule has 0 bridgehead atoms. The van der Waals surface area contributed by atoms with Gasteiger partial charge in [-0.25, -0.2) is 9.97 Å². The number of carbonyl (C=O) groups excluding carboxylic acids is 1. The van der Waals surface area contributed by atoms with Crippen molar-refractivity contribution in [1.82, 2.24) is 9.97 Å². The maximum atomic E-state index is 11.2. The van der Waals surface area contributed by atoms with Crippen molar-refractivity contribution in [2.24, 2.45) is 0 Å². The van der Waals surface area contributed by atoms with E-state index in [1.807, 2.05) is 0 Å². The maximum absolute atomic E-state index is 11.2. The van der Waals surface area contributed by atoms with Gasteiger partial charge in [-0.05, 0) is 18.2 Å². The van der Waals surface area contributed by atoms with E-state index in [0.29, 0.717) is 10.8 Å². The number of anilines is 1. The highest BCUT2D eigenvalue weighted by Gasteiger charge is 2.21. The summed E-state index contributed by atoms with van der Waals surface area (Å²) < 4.78 is 5.61. The van der Waals surface area contributed by atoms with Crippen LogP contribution in [0.3, 0.4) is 0 Å². The average molecular weight is 408 g/mol. The number of aliphatic carboxylic acids is 1. The fraction of sp³-hybridized carbons (Fsp3) is 0.0588. The Morgan fingerprint density at radius 2 is 1.93 bits per heavy atom. The van der Waals surface area contributed by atoms with Gasteiger partial charge in [0.15, 0.2) is 16.7 Å². The van der Waals surface area contributed by atoms with Crippen molar-refractivity contribution in [2.75, 3.05) is 11.4 Å². The summed E-state index contributed by atoms with van der Waals surface area (Å²) in [4.78, 5) is 30.8. The van der Waals surface area contributed by atoms with Gasteiger partial charge >= 0.3 is 5.97 Å². The smallest absolute Gasteiger partial charge is 0.323 e. The summed E-state index contributed by atoms with van der Waals surface area (Å²) in [6.07, 6.45) is 0.237. The third-order valence-electron chi connectivity index (χ3n) is 3.49. The number of carbonyl (C=O) groups is 2. The summed E-state index contributed by atoms with van der Waals surface area (Å²) in [5.74, 6) is -1.46. The highest BCUT2D eigenvalue weighted by atomic mass is 35.5. The number of para-hydroxylation sites is 1. The minimum atomic E-state index is -1.28. The summed E-state index contributed by atoms with van der Waals surface area (Å²) in [7, 11) is 0. The molecule has 1 aromatic carbocycles. The van der Waals surface area contributed by atoms with Crippen LogP contribution in [0.5, 0.6) is 17.4 Å². The van der Waals surface area contributed by atoms with Gasteiger partial charge in [-0.2, -0.15) is 0 Å². The Labute approximate surface area is 162 Å². The molecule has 0 spiro atoms. The number of ether oxygens (including phenoxy) is 1. The number of hydrogen-bond donors (Lipinski definition) is 2. The number of hydrogen-bond acceptors (Lipinski definition) is 6. The number of pyridine rings is 2. The molecule has 0 saturated heterocycles. The zero-order valence-electron chi connectivity index (χ0n) is 13.5. The summed E-state index contributed by atoms with van der Waals surface area (Å²) in [5, 5.41) is 19.7. The molecule has 0 unspecified atom stereocenters. The van der Waals surface area contributed by atoms with Crippen LogP contribution < -0.4 is 9.64 Å². The standard InChI is InChI=1S/C17H11Cl2N3O5/c18-10-3-1-2-4-11(10)27-12-6-5-9-14(20-12)16(19)21-17(15(9)26)22(8-23)7-13(24)25/h1-6,8,26H,7H2,(H,24,25). The first kappa shape index (κ1) is 18.7. The highest BCUT2D eigenvalue weighted by Crippen LogP contribution is 2.37. The average Bonchev–Trinajstić information content (AvgIpc) is 2.64. The van der Waals surface area contributed by atoms with E-state index in [-0.39, 0.29) is 34.2 Å². The molecular weight excluding hydrogens is 397 g/mol. The van der Waals surface area contributed by atoms with Gasteiger partial charge in [-0.15, -0.1) is 0 Å². The van der Waals surface area contributed by atoms with Gasteiger partial charge in [-0.3, -0.25) is 14.5 Å². The van der Waals surface area contributed by atoms with Crippen molar-refractivity contribution >= 4 is 52.3 Å². The normalized spacial score (nSPS) is 10.6. The zero-order chi connectivity index (χ0) is 19.6. The fourth-order valence-corrected chi connectivity index (χ4v) is 2.71. The van der Waals surface area contributed by atoms with Crippen molar-refractivity contribution in [3.63, 3.8) is 0 Å². The molecule has 0 saturated carbocycles. The van der Waals surface area contributed by atoms with Gasteiger partial charge < -0.3 is 14.9 Å². The first-order valence-corrected chi connectivity index (χ1v) is 8.21. The van der Waals surface area contributed by atoms with E-state index in [0.717, 1.165) is 4.90 Å². The van der Waals surface area contributed by atoms with Crippen LogP contribution in [0, 0.1) is 0 Å². The predicted molar refractivity (Wildman–Crippen MR) is 98.8 cm³/mol. The molecule has 0 aliphatic carbocycles. The molecule has 0 aliphatic rings. The number of benzene rings is 1. The first-order chi connectivity index (χ1) is 12.9. The molecule has 0 fully saturated rings. The lowest BCUT2D eigenvalue weighted by molar-refractivity contribution is -0.136.